The zero-order valence-corrected chi connectivity index (χ0v) is 11.9. The van der Waals surface area contributed by atoms with Crippen LogP contribution in [0.5, 0.6) is 11.5 Å². The number of primary amides is 1. The van der Waals surface area contributed by atoms with Crippen molar-refractivity contribution in [2.45, 2.75) is 11.4 Å². The number of benzene rings is 2. The molecule has 2 rings (SSSR count). The summed E-state index contributed by atoms with van der Waals surface area (Å²) in [6.45, 7) is 0.366. The summed E-state index contributed by atoms with van der Waals surface area (Å²) in [5.74, 6) is 0.567. The summed E-state index contributed by atoms with van der Waals surface area (Å²) in [6, 6.07) is 12.6. The largest absolute Gasteiger partial charge is 0.456 e. The average molecular weight is 288 g/mol. The van der Waals surface area contributed by atoms with Crippen molar-refractivity contribution in [2.24, 2.45) is 11.5 Å². The van der Waals surface area contributed by atoms with E-state index in [1.54, 1.807) is 36.0 Å². The third-order valence-electron chi connectivity index (χ3n) is 2.89. The Hall–Kier alpha value is -1.98. The van der Waals surface area contributed by atoms with Gasteiger partial charge in [-0.3, -0.25) is 4.79 Å². The van der Waals surface area contributed by atoms with Crippen LogP contribution in [0.3, 0.4) is 0 Å². The molecule has 4 nitrogen and oxygen atoms in total. The minimum Gasteiger partial charge on any atom is -0.456 e. The molecule has 0 atom stereocenters. The van der Waals surface area contributed by atoms with E-state index in [4.69, 9.17) is 16.2 Å². The van der Waals surface area contributed by atoms with Crippen LogP contribution in [0.2, 0.25) is 0 Å². The van der Waals surface area contributed by atoms with Crippen molar-refractivity contribution in [1.82, 2.24) is 0 Å². The molecule has 2 aromatic rings. The Morgan fingerprint density at radius 2 is 1.85 bits per heavy atom. The molecule has 0 bridgehead atoms. The highest BCUT2D eigenvalue weighted by atomic mass is 32.2. The highest BCUT2D eigenvalue weighted by Gasteiger charge is 2.12. The molecule has 20 heavy (non-hydrogen) atoms. The molecule has 5 heteroatoms. The number of thioether (sulfide) groups is 1. The smallest absolute Gasteiger partial charge is 0.252 e. The van der Waals surface area contributed by atoms with Gasteiger partial charge in [-0.2, -0.15) is 0 Å². The van der Waals surface area contributed by atoms with Gasteiger partial charge in [0.2, 0.25) is 0 Å². The average Bonchev–Trinajstić information content (AvgIpc) is 2.47. The second-order valence-electron chi connectivity index (χ2n) is 4.10. The van der Waals surface area contributed by atoms with Crippen molar-refractivity contribution >= 4 is 17.7 Å². The van der Waals surface area contributed by atoms with Crippen molar-refractivity contribution in [3.05, 3.63) is 53.6 Å². The highest BCUT2D eigenvalue weighted by Crippen LogP contribution is 2.32. The maximum atomic E-state index is 11.4. The normalized spacial score (nSPS) is 10.3. The Morgan fingerprint density at radius 1 is 1.15 bits per heavy atom. The second-order valence-corrected chi connectivity index (χ2v) is 4.95. The lowest BCUT2D eigenvalue weighted by Gasteiger charge is -2.14. The molecule has 0 fully saturated rings. The molecule has 4 N–H and O–H groups in total. The first-order chi connectivity index (χ1) is 9.67. The van der Waals surface area contributed by atoms with Crippen LogP contribution in [0.25, 0.3) is 0 Å². The van der Waals surface area contributed by atoms with Gasteiger partial charge in [-0.25, -0.2) is 0 Å². The van der Waals surface area contributed by atoms with Gasteiger partial charge in [0.1, 0.15) is 11.5 Å². The molecule has 0 heterocycles. The third kappa shape index (κ3) is 2.95. The number of nitrogens with two attached hydrogens (primary N) is 2. The third-order valence-corrected chi connectivity index (χ3v) is 3.71. The zero-order chi connectivity index (χ0) is 14.5. The van der Waals surface area contributed by atoms with Gasteiger partial charge in [0.05, 0.1) is 5.56 Å². The lowest BCUT2D eigenvalue weighted by Crippen LogP contribution is -2.12. The molecule has 0 aliphatic heterocycles. The molecule has 0 saturated heterocycles. The molecule has 0 radical (unpaired) electrons. The molecule has 1 amide bonds. The number of hydrogen-bond acceptors (Lipinski definition) is 4. The second kappa shape index (κ2) is 6.45. The Balaban J connectivity index is 2.43. The summed E-state index contributed by atoms with van der Waals surface area (Å²) in [6.07, 6.45) is 1.98. The first-order valence-corrected chi connectivity index (χ1v) is 7.32. The Morgan fingerprint density at radius 3 is 2.50 bits per heavy atom. The lowest BCUT2D eigenvalue weighted by molar-refractivity contribution is 0.0998. The molecular formula is C15H16N2O2S. The van der Waals surface area contributed by atoms with Crippen molar-refractivity contribution in [1.29, 1.82) is 0 Å². The minimum absolute atomic E-state index is 0.352. The summed E-state index contributed by atoms with van der Waals surface area (Å²) in [7, 11) is 0. The number of para-hydroxylation sites is 1. The number of ether oxygens (including phenoxy) is 1. The lowest BCUT2D eigenvalue weighted by atomic mass is 10.1. The minimum atomic E-state index is -0.518. The molecule has 2 aromatic carbocycles. The molecule has 0 unspecified atom stereocenters. The van der Waals surface area contributed by atoms with Gasteiger partial charge in [0.25, 0.3) is 5.91 Å². The van der Waals surface area contributed by atoms with Gasteiger partial charge in [-0.05, 0) is 30.5 Å². The predicted octanol–water partition coefficient (Wildman–Crippen LogP) is 2.76. The molecule has 104 valence electrons. The van der Waals surface area contributed by atoms with E-state index in [-0.39, 0.29) is 0 Å². The van der Waals surface area contributed by atoms with Crippen molar-refractivity contribution in [2.75, 3.05) is 6.26 Å². The maximum absolute atomic E-state index is 11.4. The molecular weight excluding hydrogens is 272 g/mol. The molecule has 0 saturated carbocycles. The van der Waals surface area contributed by atoms with Crippen LogP contribution in [0.4, 0.5) is 0 Å². The van der Waals surface area contributed by atoms with E-state index < -0.39 is 5.91 Å². The van der Waals surface area contributed by atoms with Crippen LogP contribution < -0.4 is 16.2 Å². The van der Waals surface area contributed by atoms with E-state index in [0.29, 0.717) is 23.6 Å². The number of carbonyl (C=O) groups is 1. The molecule has 0 spiro atoms. The van der Waals surface area contributed by atoms with Crippen LogP contribution in [0.15, 0.2) is 47.4 Å². The fourth-order valence-electron chi connectivity index (χ4n) is 1.91. The monoisotopic (exact) mass is 288 g/mol. The fourth-order valence-corrected chi connectivity index (χ4v) is 2.56. The zero-order valence-electron chi connectivity index (χ0n) is 11.1. The van der Waals surface area contributed by atoms with E-state index in [9.17, 15) is 4.79 Å². The molecule has 0 aromatic heterocycles. The van der Waals surface area contributed by atoms with Gasteiger partial charge < -0.3 is 16.2 Å². The first kappa shape index (κ1) is 14.4. The predicted molar refractivity (Wildman–Crippen MR) is 81.1 cm³/mol. The number of carbonyl (C=O) groups excluding carboxylic acids is 1. The Bertz CT molecular complexity index is 629. The summed E-state index contributed by atoms with van der Waals surface area (Å²) in [4.78, 5) is 12.5. The summed E-state index contributed by atoms with van der Waals surface area (Å²) < 4.78 is 5.84. The number of hydrogen-bond donors (Lipinski definition) is 2. The number of rotatable bonds is 5. The maximum Gasteiger partial charge on any atom is 0.252 e. The highest BCUT2D eigenvalue weighted by molar-refractivity contribution is 7.98. The van der Waals surface area contributed by atoms with Gasteiger partial charge >= 0.3 is 0 Å². The van der Waals surface area contributed by atoms with Gasteiger partial charge in [0.15, 0.2) is 0 Å². The summed E-state index contributed by atoms with van der Waals surface area (Å²) >= 11 is 1.60. The van der Waals surface area contributed by atoms with Gasteiger partial charge in [-0.15, -0.1) is 11.8 Å². The Kier molecular flexibility index (Phi) is 4.65. The standard InChI is InChI=1S/C15H16N2O2S/c1-20-14-8-4-7-13(11(14)9-16)19-12-6-3-2-5-10(12)15(17)18/h2-8H,9,16H2,1H3,(H2,17,18). The van der Waals surface area contributed by atoms with E-state index in [1.165, 1.54) is 0 Å². The van der Waals surface area contributed by atoms with Gasteiger partial charge in [-0.1, -0.05) is 18.2 Å². The van der Waals surface area contributed by atoms with Crippen LogP contribution in [-0.2, 0) is 6.54 Å². The van der Waals surface area contributed by atoms with Crippen LogP contribution in [0.1, 0.15) is 15.9 Å². The topological polar surface area (TPSA) is 78.3 Å². The fraction of sp³-hybridized carbons (Fsp3) is 0.133. The molecule has 0 aliphatic carbocycles. The van der Waals surface area contributed by atoms with E-state index in [0.717, 1.165) is 10.5 Å². The van der Waals surface area contributed by atoms with E-state index in [1.807, 2.05) is 24.5 Å². The summed E-state index contributed by atoms with van der Waals surface area (Å²) in [5, 5.41) is 0. The van der Waals surface area contributed by atoms with Gasteiger partial charge in [0, 0.05) is 17.0 Å². The quantitative estimate of drug-likeness (QED) is 0.829. The van der Waals surface area contributed by atoms with Crippen LogP contribution in [-0.4, -0.2) is 12.2 Å². The Labute approximate surface area is 122 Å². The first-order valence-electron chi connectivity index (χ1n) is 6.10. The SMILES string of the molecule is CSc1cccc(Oc2ccccc2C(N)=O)c1CN. The molecule has 0 aliphatic rings. The van der Waals surface area contributed by atoms with E-state index in [2.05, 4.69) is 0 Å². The van der Waals surface area contributed by atoms with E-state index >= 15 is 0 Å². The number of amides is 1. The van der Waals surface area contributed by atoms with Crippen LogP contribution in [0, 0.1) is 0 Å². The van der Waals surface area contributed by atoms with Crippen molar-refractivity contribution in [3.63, 3.8) is 0 Å². The van der Waals surface area contributed by atoms with Crippen molar-refractivity contribution in [3.8, 4) is 11.5 Å². The summed E-state index contributed by atoms with van der Waals surface area (Å²) in [5.41, 5.74) is 12.4. The van der Waals surface area contributed by atoms with Crippen molar-refractivity contribution < 1.29 is 9.53 Å². The van der Waals surface area contributed by atoms with Crippen LogP contribution >= 0.6 is 11.8 Å².